The van der Waals surface area contributed by atoms with Crippen LogP contribution < -0.4 is 5.73 Å². The maximum absolute atomic E-state index is 10.4. The normalized spacial score (nSPS) is 8.75. The minimum absolute atomic E-state index is 0.303. The van der Waals surface area contributed by atoms with Crippen molar-refractivity contribution in [1.82, 2.24) is 4.98 Å². The Balaban J connectivity index is 0.000000165. The van der Waals surface area contributed by atoms with Gasteiger partial charge in [0.15, 0.2) is 0 Å². The van der Waals surface area contributed by atoms with Crippen LogP contribution >= 0.6 is 0 Å². The van der Waals surface area contributed by atoms with Gasteiger partial charge in [0.2, 0.25) is 0 Å². The molecule has 0 unspecified atom stereocenters. The highest BCUT2D eigenvalue weighted by Gasteiger charge is 1.95. The van der Waals surface area contributed by atoms with Crippen LogP contribution in [0.2, 0.25) is 0 Å². The number of phenolic OH excluding ortho intramolecular Hbond substituents is 1. The Hall–Kier alpha value is -2.36. The van der Waals surface area contributed by atoms with E-state index in [0.29, 0.717) is 11.4 Å². The van der Waals surface area contributed by atoms with E-state index < -0.39 is 5.91 Å². The van der Waals surface area contributed by atoms with Crippen LogP contribution in [0.25, 0.3) is 0 Å². The number of para-hydroxylation sites is 1. The van der Waals surface area contributed by atoms with E-state index in [1.165, 1.54) is 6.20 Å². The first-order valence-electron chi connectivity index (χ1n) is 4.65. The van der Waals surface area contributed by atoms with Crippen molar-refractivity contribution in [2.24, 2.45) is 5.73 Å². The molecule has 0 radical (unpaired) electrons. The molecule has 0 spiro atoms. The number of hydrogen-bond acceptors (Lipinski definition) is 3. The number of benzene rings is 1. The van der Waals surface area contributed by atoms with Gasteiger partial charge in [-0.1, -0.05) is 24.3 Å². The van der Waals surface area contributed by atoms with Crippen molar-refractivity contribution in [1.29, 1.82) is 0 Å². The lowest BCUT2D eigenvalue weighted by molar-refractivity contribution is 0.0995. The van der Waals surface area contributed by atoms with Crippen LogP contribution in [0.4, 0.5) is 0 Å². The molecule has 16 heavy (non-hydrogen) atoms. The van der Waals surface area contributed by atoms with Crippen molar-refractivity contribution in [2.75, 3.05) is 0 Å². The minimum Gasteiger partial charge on any atom is -0.508 e. The Labute approximate surface area is 93.4 Å². The monoisotopic (exact) mass is 216 g/mol. The average molecular weight is 216 g/mol. The fourth-order valence-corrected chi connectivity index (χ4v) is 0.937. The van der Waals surface area contributed by atoms with Gasteiger partial charge in [0.1, 0.15) is 11.4 Å². The summed E-state index contributed by atoms with van der Waals surface area (Å²) in [5.41, 5.74) is 5.22. The van der Waals surface area contributed by atoms with E-state index in [1.807, 2.05) is 6.07 Å². The Morgan fingerprint density at radius 2 is 1.69 bits per heavy atom. The molecule has 4 heteroatoms. The van der Waals surface area contributed by atoms with Crippen molar-refractivity contribution in [3.63, 3.8) is 0 Å². The van der Waals surface area contributed by atoms with Gasteiger partial charge in [-0.25, -0.2) is 0 Å². The number of rotatable bonds is 1. The zero-order chi connectivity index (χ0) is 11.8. The van der Waals surface area contributed by atoms with Gasteiger partial charge >= 0.3 is 0 Å². The third-order valence-corrected chi connectivity index (χ3v) is 1.67. The summed E-state index contributed by atoms with van der Waals surface area (Å²) in [5, 5.41) is 8.63. The predicted octanol–water partition coefficient (Wildman–Crippen LogP) is 1.57. The largest absolute Gasteiger partial charge is 0.508 e. The summed E-state index contributed by atoms with van der Waals surface area (Å²) in [5.74, 6) is -0.168. The molecule has 0 bridgehead atoms. The fourth-order valence-electron chi connectivity index (χ4n) is 0.937. The number of nitrogens with zero attached hydrogens (tertiary/aromatic N) is 1. The van der Waals surface area contributed by atoms with Crippen LogP contribution in [-0.4, -0.2) is 16.0 Å². The maximum Gasteiger partial charge on any atom is 0.267 e. The molecule has 1 heterocycles. The zero-order valence-corrected chi connectivity index (χ0v) is 8.58. The molecule has 0 fully saturated rings. The van der Waals surface area contributed by atoms with Crippen LogP contribution in [0.5, 0.6) is 5.75 Å². The van der Waals surface area contributed by atoms with Gasteiger partial charge in [-0.3, -0.25) is 9.78 Å². The summed E-state index contributed by atoms with van der Waals surface area (Å²) in [7, 11) is 0. The molecule has 4 nitrogen and oxygen atoms in total. The van der Waals surface area contributed by atoms with Crippen molar-refractivity contribution >= 4 is 5.91 Å². The molecule has 1 aromatic carbocycles. The average Bonchev–Trinajstić information content (AvgIpc) is 2.32. The summed E-state index contributed by atoms with van der Waals surface area (Å²) >= 11 is 0. The topological polar surface area (TPSA) is 76.2 Å². The molecule has 0 saturated carbocycles. The molecule has 0 aliphatic rings. The molecule has 0 aliphatic carbocycles. The van der Waals surface area contributed by atoms with E-state index >= 15 is 0 Å². The summed E-state index contributed by atoms with van der Waals surface area (Å²) in [4.78, 5) is 14.1. The van der Waals surface area contributed by atoms with Crippen LogP contribution in [0.1, 0.15) is 10.5 Å². The Bertz CT molecular complexity index is 429. The number of carbonyl (C=O) groups excluding carboxylic acids is 1. The standard InChI is InChI=1S/C6H6N2O.C6H6O/c7-6(9)5-3-1-2-4-8-5;7-6-4-2-1-3-5-6/h1-4H,(H2,7,9);1-5,7H. The van der Waals surface area contributed by atoms with Crippen molar-refractivity contribution in [3.8, 4) is 5.75 Å². The number of aromatic nitrogens is 1. The summed E-state index contributed by atoms with van der Waals surface area (Å²) in [6, 6.07) is 13.7. The number of aromatic hydroxyl groups is 1. The van der Waals surface area contributed by atoms with Crippen molar-refractivity contribution in [2.45, 2.75) is 0 Å². The smallest absolute Gasteiger partial charge is 0.267 e. The van der Waals surface area contributed by atoms with Crippen molar-refractivity contribution < 1.29 is 9.90 Å². The van der Waals surface area contributed by atoms with Crippen LogP contribution in [0, 0.1) is 0 Å². The highest BCUT2D eigenvalue weighted by molar-refractivity contribution is 5.90. The number of amides is 1. The first kappa shape index (κ1) is 11.7. The van der Waals surface area contributed by atoms with Gasteiger partial charge in [0.05, 0.1) is 0 Å². The Morgan fingerprint density at radius 1 is 1.06 bits per heavy atom. The minimum atomic E-state index is -0.490. The second-order valence-corrected chi connectivity index (χ2v) is 2.91. The SMILES string of the molecule is NC(=O)c1ccccn1.Oc1ccccc1. The number of nitrogens with two attached hydrogens (primary N) is 1. The molecule has 0 aliphatic heterocycles. The Morgan fingerprint density at radius 3 is 2.00 bits per heavy atom. The van der Waals surface area contributed by atoms with E-state index in [0.717, 1.165) is 0 Å². The molecular weight excluding hydrogens is 204 g/mol. The van der Waals surface area contributed by atoms with Gasteiger partial charge in [-0.15, -0.1) is 0 Å². The van der Waals surface area contributed by atoms with Gasteiger partial charge in [0, 0.05) is 6.20 Å². The molecule has 1 aromatic heterocycles. The van der Waals surface area contributed by atoms with E-state index in [4.69, 9.17) is 10.8 Å². The van der Waals surface area contributed by atoms with E-state index in [9.17, 15) is 4.79 Å². The molecule has 0 atom stereocenters. The second-order valence-electron chi connectivity index (χ2n) is 2.91. The van der Waals surface area contributed by atoms with Gasteiger partial charge in [-0.2, -0.15) is 0 Å². The van der Waals surface area contributed by atoms with Gasteiger partial charge in [0.25, 0.3) is 5.91 Å². The summed E-state index contributed by atoms with van der Waals surface area (Å²) < 4.78 is 0. The third-order valence-electron chi connectivity index (χ3n) is 1.67. The van der Waals surface area contributed by atoms with E-state index in [1.54, 1.807) is 42.5 Å². The number of primary amides is 1. The van der Waals surface area contributed by atoms with E-state index in [2.05, 4.69) is 4.98 Å². The van der Waals surface area contributed by atoms with Crippen LogP contribution in [-0.2, 0) is 0 Å². The molecular formula is C12H12N2O2. The highest BCUT2D eigenvalue weighted by atomic mass is 16.3. The first-order valence-corrected chi connectivity index (χ1v) is 4.65. The lowest BCUT2D eigenvalue weighted by atomic mass is 10.3. The molecule has 82 valence electrons. The quantitative estimate of drug-likeness (QED) is 0.759. The van der Waals surface area contributed by atoms with Crippen LogP contribution in [0.3, 0.4) is 0 Å². The molecule has 2 aromatic rings. The fraction of sp³-hybridized carbons (Fsp3) is 0. The molecule has 3 N–H and O–H groups in total. The van der Waals surface area contributed by atoms with Crippen LogP contribution in [0.15, 0.2) is 54.7 Å². The highest BCUT2D eigenvalue weighted by Crippen LogP contribution is 2.02. The zero-order valence-electron chi connectivity index (χ0n) is 8.58. The summed E-state index contributed by atoms with van der Waals surface area (Å²) in [6.07, 6.45) is 1.53. The molecule has 2 rings (SSSR count). The number of phenols is 1. The Kier molecular flexibility index (Phi) is 4.53. The van der Waals surface area contributed by atoms with Crippen molar-refractivity contribution in [3.05, 3.63) is 60.4 Å². The maximum atomic E-state index is 10.4. The van der Waals surface area contributed by atoms with Gasteiger partial charge in [-0.05, 0) is 24.3 Å². The number of carbonyl (C=O) groups is 1. The number of hydrogen-bond donors (Lipinski definition) is 2. The molecule has 0 saturated heterocycles. The van der Waals surface area contributed by atoms with Gasteiger partial charge < -0.3 is 10.8 Å². The summed E-state index contributed by atoms with van der Waals surface area (Å²) in [6.45, 7) is 0. The number of pyridine rings is 1. The lowest BCUT2D eigenvalue weighted by Crippen LogP contribution is -2.12. The first-order chi connectivity index (χ1) is 7.70. The van der Waals surface area contributed by atoms with E-state index in [-0.39, 0.29) is 0 Å². The lowest BCUT2D eigenvalue weighted by Gasteiger charge is -1.88. The predicted molar refractivity (Wildman–Crippen MR) is 60.9 cm³/mol. The molecule has 1 amide bonds. The second kappa shape index (κ2) is 6.19. The third kappa shape index (κ3) is 4.23.